The van der Waals surface area contributed by atoms with Crippen LogP contribution in [0.4, 0.5) is 0 Å². The van der Waals surface area contributed by atoms with Gasteiger partial charge in [-0.2, -0.15) is 0 Å². The Morgan fingerprint density at radius 3 is 1.75 bits per heavy atom. The van der Waals surface area contributed by atoms with Gasteiger partial charge in [-0.25, -0.2) is 9.97 Å². The number of hydrogen-bond donors (Lipinski definition) is 0. The van der Waals surface area contributed by atoms with E-state index in [1.54, 1.807) is 23.5 Å². The summed E-state index contributed by atoms with van der Waals surface area (Å²) < 4.78 is 43.8. The highest BCUT2D eigenvalue weighted by Crippen LogP contribution is 2.41. The van der Waals surface area contributed by atoms with Crippen molar-refractivity contribution in [3.8, 4) is 44.9 Å². The zero-order chi connectivity index (χ0) is 41.4. The highest BCUT2D eigenvalue weighted by molar-refractivity contribution is 7.25. The Kier molecular flexibility index (Phi) is 6.62. The van der Waals surface area contributed by atoms with Crippen molar-refractivity contribution in [3.63, 3.8) is 0 Å². The van der Waals surface area contributed by atoms with Crippen LogP contribution in [0.5, 0.6) is 0 Å². The van der Waals surface area contributed by atoms with Gasteiger partial charge >= 0.3 is 0 Å². The molecule has 2 nitrogen and oxygen atoms in total. The number of aromatic nitrogens is 2. The Morgan fingerprint density at radius 1 is 0.411 bits per heavy atom. The van der Waals surface area contributed by atoms with Crippen molar-refractivity contribution < 1.29 is 6.85 Å². The number of rotatable bonds is 6. The lowest BCUT2D eigenvalue weighted by Crippen LogP contribution is -2.00. The first kappa shape index (κ1) is 27.6. The summed E-state index contributed by atoms with van der Waals surface area (Å²) in [7, 11) is 0. The summed E-state index contributed by atoms with van der Waals surface area (Å²) >= 11 is 1.81. The van der Waals surface area contributed by atoms with E-state index in [1.807, 2.05) is 42.5 Å². The molecule has 9 aromatic carbocycles. The standard InChI is InChI=1S/C53H34N2S/c1-3-12-34(13-4-1)35-22-24-37(25-23-35)53-54-41(33-49(55-53)36-14-5-2-6-15-36)30-40-16-11-21-51-52(40)48-32-39(27-29-50(48)56-51)38-26-28-46-44-19-8-7-17-42(44)43-18-9-10-20-45(43)47(46)31-38/h1-29,31-33H,30H2/i1D,3D,4D,12D,13D. The smallest absolute Gasteiger partial charge is 0.160 e. The largest absolute Gasteiger partial charge is 0.233 e. The first-order valence-corrected chi connectivity index (χ1v) is 19.5. The summed E-state index contributed by atoms with van der Waals surface area (Å²) in [5.41, 5.74) is 7.63. The van der Waals surface area contributed by atoms with Crippen molar-refractivity contribution in [2.75, 3.05) is 0 Å². The summed E-state index contributed by atoms with van der Waals surface area (Å²) in [5.74, 6) is 0.546. The van der Waals surface area contributed by atoms with Crippen molar-refractivity contribution >= 4 is 63.8 Å². The molecule has 3 heteroatoms. The summed E-state index contributed by atoms with van der Waals surface area (Å²) in [6, 6.07) is 55.5. The van der Waals surface area contributed by atoms with E-state index >= 15 is 0 Å². The molecule has 0 aliphatic rings. The Labute approximate surface area is 336 Å². The van der Waals surface area contributed by atoms with E-state index < -0.39 is 6.04 Å². The second kappa shape index (κ2) is 13.4. The molecule has 0 aliphatic heterocycles. The Morgan fingerprint density at radius 2 is 1.02 bits per heavy atom. The Balaban J connectivity index is 1.01. The van der Waals surface area contributed by atoms with Crippen molar-refractivity contribution in [1.82, 2.24) is 9.97 Å². The van der Waals surface area contributed by atoms with Crippen molar-refractivity contribution in [2.45, 2.75) is 6.42 Å². The van der Waals surface area contributed by atoms with Gasteiger partial charge in [-0.1, -0.05) is 164 Å². The molecule has 0 saturated heterocycles. The number of thiophene rings is 1. The molecule has 0 unspecified atom stereocenters. The van der Waals surface area contributed by atoms with Crippen molar-refractivity contribution in [1.29, 1.82) is 0 Å². The predicted octanol–water partition coefficient (Wildman–Crippen LogP) is 14.6. The average molecular weight is 736 g/mol. The SMILES string of the molecule is [2H]c1c([2H])c([2H])c(-c2ccc(-c3nc(Cc4cccc5sc6ccc(-c7ccc8c9ccccc9c9ccccc9c8c7)cc6c45)cc(-c4ccccc4)n3)cc2)c([2H])c1[2H]. The lowest BCUT2D eigenvalue weighted by atomic mass is 9.91. The van der Waals surface area contributed by atoms with Gasteiger partial charge in [0.2, 0.25) is 0 Å². The summed E-state index contributed by atoms with van der Waals surface area (Å²) in [6.07, 6.45) is 0.582. The topological polar surface area (TPSA) is 25.8 Å². The van der Waals surface area contributed by atoms with E-state index in [4.69, 9.17) is 16.8 Å². The third-order valence-corrected chi connectivity index (χ3v) is 11.9. The van der Waals surface area contributed by atoms with E-state index in [2.05, 4.69) is 109 Å². The summed E-state index contributed by atoms with van der Waals surface area (Å²) in [5, 5.41) is 10.0. The van der Waals surface area contributed by atoms with Crippen LogP contribution in [0.1, 0.15) is 18.1 Å². The van der Waals surface area contributed by atoms with Gasteiger partial charge < -0.3 is 0 Å². The van der Waals surface area contributed by atoms with Crippen LogP contribution < -0.4 is 0 Å². The minimum atomic E-state index is -0.409. The third kappa shape index (κ3) is 5.64. The molecule has 0 bridgehead atoms. The summed E-state index contributed by atoms with van der Waals surface area (Å²) in [4.78, 5) is 10.2. The fraction of sp³-hybridized carbons (Fsp3) is 0.0189. The number of nitrogens with zero attached hydrogens (tertiary/aromatic N) is 2. The van der Waals surface area contributed by atoms with E-state index in [9.17, 15) is 0 Å². The van der Waals surface area contributed by atoms with Crippen LogP contribution in [-0.2, 0) is 6.42 Å². The molecule has 2 aromatic heterocycles. The van der Waals surface area contributed by atoms with Crippen LogP contribution >= 0.6 is 11.3 Å². The molecule has 56 heavy (non-hydrogen) atoms. The lowest BCUT2D eigenvalue weighted by molar-refractivity contribution is 1.04. The lowest BCUT2D eigenvalue weighted by Gasteiger charge is -2.12. The van der Waals surface area contributed by atoms with Crippen LogP contribution in [0.15, 0.2) is 194 Å². The minimum Gasteiger partial charge on any atom is -0.233 e. The van der Waals surface area contributed by atoms with Crippen LogP contribution in [0.25, 0.3) is 97.4 Å². The molecule has 0 fully saturated rings. The van der Waals surface area contributed by atoms with E-state index in [0.717, 1.165) is 22.5 Å². The molecular formula is C53H34N2S. The molecule has 2 heterocycles. The van der Waals surface area contributed by atoms with Gasteiger partial charge in [-0.15, -0.1) is 11.3 Å². The maximum absolute atomic E-state index is 8.48. The van der Waals surface area contributed by atoms with Gasteiger partial charge in [0.15, 0.2) is 5.82 Å². The molecule has 0 aliphatic carbocycles. The van der Waals surface area contributed by atoms with Gasteiger partial charge in [-0.3, -0.25) is 0 Å². The monoisotopic (exact) mass is 735 g/mol. The van der Waals surface area contributed by atoms with Gasteiger partial charge in [0.25, 0.3) is 0 Å². The van der Waals surface area contributed by atoms with E-state index in [1.165, 1.54) is 69.2 Å². The molecule has 262 valence electrons. The molecule has 0 spiro atoms. The van der Waals surface area contributed by atoms with E-state index in [0.29, 0.717) is 17.8 Å². The molecule has 0 atom stereocenters. The van der Waals surface area contributed by atoms with Crippen LogP contribution in [0, 0.1) is 0 Å². The van der Waals surface area contributed by atoms with Gasteiger partial charge in [0.05, 0.1) is 12.5 Å². The van der Waals surface area contributed by atoms with Crippen LogP contribution in [0.3, 0.4) is 0 Å². The number of fused-ring (bicyclic) bond motifs is 9. The average Bonchev–Trinajstić information content (AvgIpc) is 3.69. The second-order valence-corrected chi connectivity index (χ2v) is 15.2. The second-order valence-electron chi connectivity index (χ2n) is 14.1. The molecule has 11 aromatic rings. The predicted molar refractivity (Wildman–Crippen MR) is 238 cm³/mol. The molecule has 11 rings (SSSR count). The van der Waals surface area contributed by atoms with Crippen LogP contribution in [-0.4, -0.2) is 9.97 Å². The fourth-order valence-corrected chi connectivity index (χ4v) is 9.30. The van der Waals surface area contributed by atoms with Gasteiger partial charge in [0, 0.05) is 43.4 Å². The van der Waals surface area contributed by atoms with Crippen molar-refractivity contribution in [2.24, 2.45) is 0 Å². The maximum atomic E-state index is 8.48. The van der Waals surface area contributed by atoms with Gasteiger partial charge in [-0.05, 0) is 90.5 Å². The normalized spacial score (nSPS) is 12.9. The first-order valence-electron chi connectivity index (χ1n) is 21.2. The Hall–Kier alpha value is -6.94. The minimum absolute atomic E-state index is 0.166. The molecule has 0 N–H and O–H groups in total. The molecule has 0 saturated carbocycles. The number of hydrogen-bond acceptors (Lipinski definition) is 3. The van der Waals surface area contributed by atoms with E-state index in [-0.39, 0.29) is 29.7 Å². The van der Waals surface area contributed by atoms with Crippen molar-refractivity contribution in [3.05, 3.63) is 205 Å². The summed E-state index contributed by atoms with van der Waals surface area (Å²) in [6.45, 7) is 0. The zero-order valence-corrected chi connectivity index (χ0v) is 30.9. The highest BCUT2D eigenvalue weighted by atomic mass is 32.1. The maximum Gasteiger partial charge on any atom is 0.160 e. The quantitative estimate of drug-likeness (QED) is 0.159. The molecule has 0 amide bonds. The number of benzene rings is 9. The molecular weight excluding hydrogens is 697 g/mol. The highest BCUT2D eigenvalue weighted by Gasteiger charge is 2.16. The zero-order valence-electron chi connectivity index (χ0n) is 35.1. The molecule has 0 radical (unpaired) electrons. The Bertz CT molecular complexity index is 3500. The fourth-order valence-electron chi connectivity index (χ4n) is 8.16. The third-order valence-electron chi connectivity index (χ3n) is 10.8. The van der Waals surface area contributed by atoms with Gasteiger partial charge in [0.1, 0.15) is 0 Å². The first-order chi connectivity index (χ1) is 29.8. The van der Waals surface area contributed by atoms with Crippen LogP contribution in [0.2, 0.25) is 0 Å².